The largest absolute Gasteiger partial charge is 0.494 e. The highest BCUT2D eigenvalue weighted by Gasteiger charge is 2.42. The Hall–Kier alpha value is -9.48. The second-order valence-electron chi connectivity index (χ2n) is 26.1. The van der Waals surface area contributed by atoms with Crippen molar-refractivity contribution < 1.29 is 61.1 Å². The number of likely N-dealkylation sites (tertiary alicyclic amines) is 1. The molecule has 2 aliphatic rings. The fourth-order valence-electron chi connectivity index (χ4n) is 12.1. The Morgan fingerprint density at radius 2 is 1.17 bits per heavy atom. The van der Waals surface area contributed by atoms with Crippen molar-refractivity contribution in [1.82, 2.24) is 46.8 Å². The normalized spacial score (nSPS) is 16.1. The zero-order valence-corrected chi connectivity index (χ0v) is 61.1. The number of thioether (sulfide) groups is 2. The number of nitrogens with two attached hydrogens (primary N) is 3. The highest BCUT2D eigenvalue weighted by atomic mass is 32.2. The van der Waals surface area contributed by atoms with Crippen LogP contribution < -0.4 is 63.9 Å². The lowest BCUT2D eigenvalue weighted by atomic mass is 9.85. The number of benzene rings is 5. The molecule has 1 saturated heterocycles. The van der Waals surface area contributed by atoms with Crippen molar-refractivity contribution in [3.63, 3.8) is 0 Å². The van der Waals surface area contributed by atoms with Gasteiger partial charge in [-0.15, -0.1) is 11.8 Å². The summed E-state index contributed by atoms with van der Waals surface area (Å²) >= 11 is 3.03. The van der Waals surface area contributed by atoms with Crippen LogP contribution in [0.1, 0.15) is 119 Å². The summed E-state index contributed by atoms with van der Waals surface area (Å²) in [5, 5.41) is 19.1. The van der Waals surface area contributed by atoms with E-state index < -0.39 is 130 Å². The number of nitrogens with zero attached hydrogens (tertiary/aromatic N) is 2. The number of rotatable bonds is 39. The Morgan fingerprint density at radius 1 is 0.612 bits per heavy atom. The van der Waals surface area contributed by atoms with Gasteiger partial charge in [-0.25, -0.2) is 13.1 Å². The van der Waals surface area contributed by atoms with Crippen molar-refractivity contribution in [2.24, 2.45) is 28.1 Å². The number of nitrogens with one attached hydrogen (secondary N) is 8. The monoisotopic (exact) mass is 1470 g/mol. The molecule has 1 aliphatic carbocycles. The number of ether oxygens (including phenoxy) is 1. The summed E-state index contributed by atoms with van der Waals surface area (Å²) in [6.07, 6.45) is 4.42. The number of sulfonamides is 1. The van der Waals surface area contributed by atoms with Gasteiger partial charge in [0.25, 0.3) is 10.0 Å². The fraction of sp³-hybridized carbons (Fsp3) is 0.446. The molecule has 2 fully saturated rings. The molecule has 0 radical (unpaired) electrons. The van der Waals surface area contributed by atoms with Crippen LogP contribution in [-0.4, -0.2) is 157 Å². The average molecular weight is 1470 g/mol. The number of carbonyl (C=O) groups is 10. The number of hydrogen-bond donors (Lipinski definition) is 11. The highest BCUT2D eigenvalue weighted by molar-refractivity contribution is 8.00. The van der Waals surface area contributed by atoms with E-state index >= 15 is 0 Å². The summed E-state index contributed by atoms with van der Waals surface area (Å²) in [5.41, 5.74) is 21.2. The van der Waals surface area contributed by atoms with E-state index in [9.17, 15) is 56.4 Å². The number of primary amides is 2. The first-order valence-electron chi connectivity index (χ1n) is 34.7. The van der Waals surface area contributed by atoms with Crippen molar-refractivity contribution in [2.45, 2.75) is 175 Å². The van der Waals surface area contributed by atoms with Crippen LogP contribution in [0.5, 0.6) is 5.75 Å². The summed E-state index contributed by atoms with van der Waals surface area (Å²) in [6.45, 7) is 6.74. The molecule has 5 aromatic carbocycles. The zero-order chi connectivity index (χ0) is 74.5. The van der Waals surface area contributed by atoms with Crippen LogP contribution >= 0.6 is 23.5 Å². The van der Waals surface area contributed by atoms with Crippen LogP contribution in [0, 0.1) is 12.8 Å². The topological polar surface area (TPSA) is 404 Å². The molecule has 1 saturated carbocycles. The smallest absolute Gasteiger partial charge is 0.264 e. The second kappa shape index (κ2) is 40.4. The van der Waals surface area contributed by atoms with Gasteiger partial charge in [0.05, 0.1) is 24.5 Å². The van der Waals surface area contributed by atoms with Crippen molar-refractivity contribution >= 4 is 98.6 Å². The summed E-state index contributed by atoms with van der Waals surface area (Å²) < 4.78 is 33.4. The third-order valence-corrected chi connectivity index (χ3v) is 21.7. The van der Waals surface area contributed by atoms with Gasteiger partial charge in [-0.05, 0) is 105 Å². The van der Waals surface area contributed by atoms with E-state index in [0.29, 0.717) is 41.4 Å². The first kappa shape index (κ1) is 80.8. The molecule has 103 heavy (non-hydrogen) atoms. The predicted octanol–water partition coefficient (Wildman–Crippen LogP) is 4.24. The van der Waals surface area contributed by atoms with Crippen molar-refractivity contribution in [1.29, 1.82) is 0 Å². The fourth-order valence-corrected chi connectivity index (χ4v) is 15.6. The van der Waals surface area contributed by atoms with Gasteiger partial charge in [0.15, 0.2) is 0 Å². The van der Waals surface area contributed by atoms with E-state index in [1.165, 1.54) is 28.8 Å². The van der Waals surface area contributed by atoms with Gasteiger partial charge in [-0.3, -0.25) is 52.9 Å². The molecule has 0 spiro atoms. The van der Waals surface area contributed by atoms with Gasteiger partial charge in [0.2, 0.25) is 65.0 Å². The summed E-state index contributed by atoms with van der Waals surface area (Å²) in [5.74, 6) is -7.32. The minimum Gasteiger partial charge on any atom is -0.494 e. The molecule has 7 atom stereocenters. The van der Waals surface area contributed by atoms with Gasteiger partial charge in [-0.2, -0.15) is 11.8 Å². The van der Waals surface area contributed by atoms with E-state index in [2.05, 4.69) is 59.1 Å². The average Bonchev–Trinajstić information content (AvgIpc) is 1.82. The number of hydrogen-bond acceptors (Lipinski definition) is 16. The van der Waals surface area contributed by atoms with Gasteiger partial charge < -0.3 is 64.1 Å². The standard InChI is InChI=1S/C74H97N13O13S3/c1-5-100-54-32-30-51(31-33-54)41-57(80-64(90)43-74(36-16-9-17-37-74)102-46-53-24-14-8-15-25-53)67(92)82-58(40-50-20-10-6-11-21-50)69(94)85-65(48(2)3)71(96)83-59(42-62(75)88)68(93)84-60(47-101-45-52-22-12-7-13-23-52)72(97)87-39-19-27-61(87)70(95)81-56(66(91)79-44-63(76)89)26-18-38-78-73(77)86-103(98,99)55-34-28-49(4)29-35-55/h6-8,10-15,20-25,28-35,48,56-61,65H,5,9,16-19,26-27,36-47H2,1-4H3,(H2,75,88)(H2,76,89)(H,79,91)(H,80,90)(H,81,95)(H,82,92)(H,83,96)(H,84,93)(H,85,94)(H3,77,78,86)/t56-,57-,58-,59-,60+,61-,65-/m0/s1. The Bertz CT molecular complexity index is 3820. The first-order valence-corrected chi connectivity index (χ1v) is 38.3. The van der Waals surface area contributed by atoms with E-state index in [4.69, 9.17) is 21.9 Å². The molecule has 10 amide bonds. The molecule has 554 valence electrons. The minimum absolute atomic E-state index is 0.0358. The molecular weight excluding hydrogens is 1380 g/mol. The lowest BCUT2D eigenvalue weighted by Gasteiger charge is -2.37. The van der Waals surface area contributed by atoms with Gasteiger partial charge in [-0.1, -0.05) is 154 Å². The molecule has 26 nitrogen and oxygen atoms in total. The van der Waals surface area contributed by atoms with E-state index in [-0.39, 0.29) is 72.9 Å². The predicted molar refractivity (Wildman–Crippen MR) is 397 cm³/mol. The maximum absolute atomic E-state index is 15.0. The van der Waals surface area contributed by atoms with Crippen LogP contribution in [0.3, 0.4) is 0 Å². The number of carbonyl (C=O) groups excluding carboxylic acids is 10. The van der Waals surface area contributed by atoms with Crippen LogP contribution in [-0.2, 0) is 82.3 Å². The van der Waals surface area contributed by atoms with Gasteiger partial charge in [0, 0.05) is 54.4 Å². The van der Waals surface area contributed by atoms with Crippen LogP contribution in [0.15, 0.2) is 149 Å². The highest BCUT2D eigenvalue weighted by Crippen LogP contribution is 2.44. The van der Waals surface area contributed by atoms with Crippen LogP contribution in [0.25, 0.3) is 0 Å². The van der Waals surface area contributed by atoms with Gasteiger partial charge >= 0.3 is 0 Å². The second-order valence-corrected chi connectivity index (χ2v) is 30.3. The number of guanidine groups is 1. The maximum Gasteiger partial charge on any atom is 0.264 e. The number of amides is 10. The van der Waals surface area contributed by atoms with Crippen LogP contribution in [0.4, 0.5) is 0 Å². The quantitative estimate of drug-likeness (QED) is 0.0149. The third-order valence-electron chi connectivity index (χ3n) is 17.6. The van der Waals surface area contributed by atoms with E-state index in [0.717, 1.165) is 48.8 Å². The van der Waals surface area contributed by atoms with Gasteiger partial charge in [0.1, 0.15) is 48.0 Å². The van der Waals surface area contributed by atoms with E-state index in [1.807, 2.05) is 67.6 Å². The molecule has 0 bridgehead atoms. The molecule has 1 heterocycles. The lowest BCUT2D eigenvalue weighted by Crippen LogP contribution is -2.61. The molecule has 0 unspecified atom stereocenters. The minimum atomic E-state index is -4.08. The molecule has 0 aromatic heterocycles. The lowest BCUT2D eigenvalue weighted by molar-refractivity contribution is -0.142. The first-order chi connectivity index (χ1) is 49.3. The molecule has 29 heteroatoms. The summed E-state index contributed by atoms with van der Waals surface area (Å²) in [4.78, 5) is 147. The van der Waals surface area contributed by atoms with Crippen molar-refractivity contribution in [2.75, 3.05) is 32.0 Å². The van der Waals surface area contributed by atoms with Crippen molar-refractivity contribution in [3.8, 4) is 5.75 Å². The van der Waals surface area contributed by atoms with Crippen molar-refractivity contribution in [3.05, 3.63) is 167 Å². The molecule has 1 aliphatic heterocycles. The Kier molecular flexibility index (Phi) is 31.7. The Balaban J connectivity index is 1.07. The van der Waals surface area contributed by atoms with E-state index in [1.54, 1.807) is 87.1 Å². The molecular formula is C74H97N13O13S3. The maximum atomic E-state index is 15.0. The molecule has 14 N–H and O–H groups in total. The third kappa shape index (κ3) is 26.4. The Labute approximate surface area is 611 Å². The number of aliphatic imine (C=N–C) groups is 1. The number of aryl methyl sites for hydroxylation is 1. The summed E-state index contributed by atoms with van der Waals surface area (Å²) in [7, 11) is -4.08. The molecule has 5 aromatic rings. The SMILES string of the molecule is CCOc1ccc(C[C@H](NC(=O)CC2(SCc3ccccc3)CCCCC2)C(=O)N[C@@H](Cc2ccccc2)C(=O)N[C@H](C(=O)N[C@@H](CC(N)=O)C(=O)N[C@H](CSCc2ccccc2)C(=O)N2CCC[C@H]2C(=O)N[C@@H](CCCN=C(N)NS(=O)(=O)c2ccc(C)cc2)C(=O)NCC(N)=O)C(C)C)cc1. The van der Waals surface area contributed by atoms with Crippen LogP contribution in [0.2, 0.25) is 0 Å². The zero-order valence-electron chi connectivity index (χ0n) is 58.7. The Morgan fingerprint density at radius 3 is 1.78 bits per heavy atom. The summed E-state index contributed by atoms with van der Waals surface area (Å²) in [6, 6.07) is 31.9. The molecule has 7 rings (SSSR count).